The summed E-state index contributed by atoms with van der Waals surface area (Å²) in [6.07, 6.45) is 2.92. The van der Waals surface area contributed by atoms with Gasteiger partial charge in [-0.25, -0.2) is 13.4 Å². The van der Waals surface area contributed by atoms with Gasteiger partial charge in [-0.05, 0) is 36.1 Å². The maximum Gasteiger partial charge on any atom is 0.246 e. The zero-order chi connectivity index (χ0) is 14.9. The molecule has 1 aromatic heterocycles. The maximum atomic E-state index is 12.7. The van der Waals surface area contributed by atoms with Crippen molar-refractivity contribution in [2.45, 2.75) is 17.7 Å². The third-order valence-corrected chi connectivity index (χ3v) is 6.07. The number of rotatable bonds is 2. The van der Waals surface area contributed by atoms with Crippen LogP contribution in [0.25, 0.3) is 0 Å². The van der Waals surface area contributed by atoms with E-state index >= 15 is 0 Å². The van der Waals surface area contributed by atoms with Crippen LogP contribution in [0.3, 0.4) is 0 Å². The third-order valence-electron chi connectivity index (χ3n) is 3.72. The largest absolute Gasteiger partial charge is 0.246 e. The fraction of sp³-hybridized carbons (Fsp3) is 0.267. The van der Waals surface area contributed by atoms with Crippen molar-refractivity contribution in [3.05, 3.63) is 58.9 Å². The van der Waals surface area contributed by atoms with Crippen LogP contribution in [0.2, 0.25) is 5.15 Å². The van der Waals surface area contributed by atoms with Crippen molar-refractivity contribution in [1.29, 1.82) is 0 Å². The molecule has 0 spiro atoms. The first-order chi connectivity index (χ1) is 10.1. The van der Waals surface area contributed by atoms with E-state index < -0.39 is 10.0 Å². The van der Waals surface area contributed by atoms with E-state index in [1.54, 1.807) is 6.07 Å². The summed E-state index contributed by atoms with van der Waals surface area (Å²) < 4.78 is 26.9. The second kappa shape index (κ2) is 5.75. The zero-order valence-corrected chi connectivity index (χ0v) is 12.9. The second-order valence-electron chi connectivity index (χ2n) is 4.97. The Morgan fingerprint density at radius 2 is 1.62 bits per heavy atom. The van der Waals surface area contributed by atoms with E-state index in [4.69, 9.17) is 11.6 Å². The molecule has 21 heavy (non-hydrogen) atoms. The Morgan fingerprint density at radius 3 is 2.19 bits per heavy atom. The van der Waals surface area contributed by atoms with Gasteiger partial charge in [-0.2, -0.15) is 4.31 Å². The van der Waals surface area contributed by atoms with Crippen LogP contribution in [-0.2, 0) is 22.9 Å². The first-order valence-electron chi connectivity index (χ1n) is 6.76. The molecule has 0 aliphatic carbocycles. The zero-order valence-electron chi connectivity index (χ0n) is 11.4. The van der Waals surface area contributed by atoms with Crippen molar-refractivity contribution in [3.63, 3.8) is 0 Å². The predicted octanol–water partition coefficient (Wildman–Crippen LogP) is 2.52. The lowest BCUT2D eigenvalue weighted by Gasteiger charge is -2.20. The molecule has 0 bridgehead atoms. The highest BCUT2D eigenvalue weighted by atomic mass is 35.5. The summed E-state index contributed by atoms with van der Waals surface area (Å²) in [6, 6.07) is 11.2. The van der Waals surface area contributed by atoms with Crippen LogP contribution in [0, 0.1) is 0 Å². The smallest absolute Gasteiger partial charge is 0.243 e. The molecule has 0 amide bonds. The summed E-state index contributed by atoms with van der Waals surface area (Å²) in [5.41, 5.74) is 2.43. The monoisotopic (exact) mass is 322 g/mol. The molecule has 110 valence electrons. The molecule has 0 saturated heterocycles. The highest BCUT2D eigenvalue weighted by molar-refractivity contribution is 7.89. The Labute approximate surface area is 129 Å². The molecule has 0 radical (unpaired) electrons. The van der Waals surface area contributed by atoms with Crippen molar-refractivity contribution in [2.24, 2.45) is 0 Å². The summed E-state index contributed by atoms with van der Waals surface area (Å²) in [6.45, 7) is 0.926. The van der Waals surface area contributed by atoms with Crippen LogP contribution < -0.4 is 0 Å². The molecule has 3 rings (SSSR count). The molecule has 0 atom stereocenters. The van der Waals surface area contributed by atoms with Gasteiger partial charge in [0.15, 0.2) is 0 Å². The topological polar surface area (TPSA) is 50.3 Å². The van der Waals surface area contributed by atoms with Gasteiger partial charge in [-0.15, -0.1) is 0 Å². The highest BCUT2D eigenvalue weighted by Crippen LogP contribution is 2.25. The van der Waals surface area contributed by atoms with Crippen LogP contribution in [0.5, 0.6) is 0 Å². The summed E-state index contributed by atoms with van der Waals surface area (Å²) in [5, 5.41) is 0.0271. The number of benzene rings is 1. The van der Waals surface area contributed by atoms with E-state index in [1.165, 1.54) is 27.7 Å². The minimum absolute atomic E-state index is 0.0271. The first kappa shape index (κ1) is 14.5. The average molecular weight is 323 g/mol. The number of sulfonamides is 1. The molecular weight excluding hydrogens is 308 g/mol. The quantitative estimate of drug-likeness (QED) is 0.798. The van der Waals surface area contributed by atoms with Gasteiger partial charge in [0, 0.05) is 19.3 Å². The van der Waals surface area contributed by atoms with Crippen LogP contribution in [-0.4, -0.2) is 30.8 Å². The van der Waals surface area contributed by atoms with Gasteiger partial charge in [0.25, 0.3) is 0 Å². The summed E-state index contributed by atoms with van der Waals surface area (Å²) in [7, 11) is -3.59. The van der Waals surface area contributed by atoms with Crippen molar-refractivity contribution in [3.8, 4) is 0 Å². The molecule has 0 N–H and O–H groups in total. The van der Waals surface area contributed by atoms with Crippen LogP contribution >= 0.6 is 11.6 Å². The summed E-state index contributed by atoms with van der Waals surface area (Å²) >= 11 is 5.94. The van der Waals surface area contributed by atoms with Crippen molar-refractivity contribution in [1.82, 2.24) is 9.29 Å². The van der Waals surface area contributed by atoms with Crippen LogP contribution in [0.15, 0.2) is 47.5 Å². The highest BCUT2D eigenvalue weighted by Gasteiger charge is 2.28. The van der Waals surface area contributed by atoms with E-state index in [0.29, 0.717) is 25.9 Å². The van der Waals surface area contributed by atoms with E-state index in [2.05, 4.69) is 17.1 Å². The van der Waals surface area contributed by atoms with Gasteiger partial charge in [-0.1, -0.05) is 35.9 Å². The number of nitrogens with zero attached hydrogens (tertiary/aromatic N) is 2. The average Bonchev–Trinajstić information content (AvgIpc) is 2.70. The minimum Gasteiger partial charge on any atom is -0.243 e. The van der Waals surface area contributed by atoms with Crippen LogP contribution in [0.4, 0.5) is 0 Å². The molecule has 0 fully saturated rings. The first-order valence-corrected chi connectivity index (χ1v) is 8.58. The second-order valence-corrected chi connectivity index (χ2v) is 7.23. The van der Waals surface area contributed by atoms with Gasteiger partial charge >= 0.3 is 0 Å². The number of fused-ring (bicyclic) bond motifs is 1. The Kier molecular flexibility index (Phi) is 3.97. The van der Waals surface area contributed by atoms with Gasteiger partial charge in [0.05, 0.1) is 0 Å². The lowest BCUT2D eigenvalue weighted by molar-refractivity contribution is 0.426. The Hall–Kier alpha value is -1.43. The van der Waals surface area contributed by atoms with Gasteiger partial charge in [0.2, 0.25) is 10.0 Å². The maximum absolute atomic E-state index is 12.7. The SMILES string of the molecule is O=S(=O)(c1cccnc1Cl)N1CCc2ccccc2CC1. The van der Waals surface area contributed by atoms with Gasteiger partial charge < -0.3 is 0 Å². The van der Waals surface area contributed by atoms with E-state index in [1.807, 2.05) is 12.1 Å². The number of pyridine rings is 1. The molecule has 4 nitrogen and oxygen atoms in total. The number of hydrogen-bond donors (Lipinski definition) is 0. The van der Waals surface area contributed by atoms with Crippen molar-refractivity contribution in [2.75, 3.05) is 13.1 Å². The summed E-state index contributed by atoms with van der Waals surface area (Å²) in [4.78, 5) is 3.94. The fourth-order valence-corrected chi connectivity index (χ4v) is 4.46. The van der Waals surface area contributed by atoms with E-state index in [-0.39, 0.29) is 10.0 Å². The van der Waals surface area contributed by atoms with Crippen LogP contribution in [0.1, 0.15) is 11.1 Å². The molecule has 6 heteroatoms. The molecule has 1 aliphatic rings. The number of hydrogen-bond acceptors (Lipinski definition) is 3. The molecular formula is C15H15ClN2O2S. The summed E-state index contributed by atoms with van der Waals surface area (Å²) in [5.74, 6) is 0. The Bertz CT molecular complexity index is 735. The number of aromatic nitrogens is 1. The standard InChI is InChI=1S/C15H15ClN2O2S/c16-15-14(6-3-9-17-15)21(19,20)18-10-7-12-4-1-2-5-13(12)8-11-18/h1-6,9H,7-8,10-11H2. The van der Waals surface area contributed by atoms with Crippen molar-refractivity contribution < 1.29 is 8.42 Å². The lowest BCUT2D eigenvalue weighted by Crippen LogP contribution is -2.33. The van der Waals surface area contributed by atoms with Gasteiger partial charge in [-0.3, -0.25) is 0 Å². The molecule has 2 aromatic rings. The Morgan fingerprint density at radius 1 is 1.00 bits per heavy atom. The molecule has 0 unspecified atom stereocenters. The predicted molar refractivity (Wildman–Crippen MR) is 81.9 cm³/mol. The molecule has 0 saturated carbocycles. The lowest BCUT2D eigenvalue weighted by atomic mass is 10.0. The minimum atomic E-state index is -3.59. The van der Waals surface area contributed by atoms with E-state index in [9.17, 15) is 8.42 Å². The van der Waals surface area contributed by atoms with E-state index in [0.717, 1.165) is 0 Å². The fourth-order valence-electron chi connectivity index (χ4n) is 2.59. The molecule has 2 heterocycles. The Balaban J connectivity index is 1.91. The van der Waals surface area contributed by atoms with Gasteiger partial charge in [0.1, 0.15) is 10.0 Å². The normalized spacial score (nSPS) is 16.2. The number of halogens is 1. The van der Waals surface area contributed by atoms with Crippen molar-refractivity contribution >= 4 is 21.6 Å². The molecule has 1 aromatic carbocycles. The third kappa shape index (κ3) is 2.81. The molecule has 1 aliphatic heterocycles.